The molecule has 0 atom stereocenters. The summed E-state index contributed by atoms with van der Waals surface area (Å²) in [6, 6.07) is 0.551. The zero-order chi connectivity index (χ0) is 14.1. The molecule has 0 spiro atoms. The molecule has 2 aliphatic heterocycles. The van der Waals surface area contributed by atoms with Gasteiger partial charge in [-0.05, 0) is 13.8 Å². The Morgan fingerprint density at radius 3 is 2.70 bits per heavy atom. The Morgan fingerprint density at radius 2 is 2.00 bits per heavy atom. The fourth-order valence-electron chi connectivity index (χ4n) is 2.99. The molecule has 6 heteroatoms. The Hall–Kier alpha value is -1.40. The summed E-state index contributed by atoms with van der Waals surface area (Å²) in [4.78, 5) is 16.9. The zero-order valence-electron chi connectivity index (χ0n) is 12.3. The number of carbonyl (C=O) groups excluding carboxylic acids is 1. The molecular formula is C14H23N5O. The van der Waals surface area contributed by atoms with E-state index in [1.54, 1.807) is 0 Å². The highest BCUT2D eigenvalue weighted by Gasteiger charge is 2.28. The predicted octanol–water partition coefficient (Wildman–Crippen LogP) is 0.222. The highest BCUT2D eigenvalue weighted by Crippen LogP contribution is 2.18. The molecule has 0 saturated carbocycles. The summed E-state index contributed by atoms with van der Waals surface area (Å²) >= 11 is 0. The standard InChI is InChI=1S/C14H23N5O/c1-10(2)18-5-7-19(8-6-18)14(20)13-11-9-15-4-3-12(11)16-17-13/h10,15H,3-9H2,1-2H3,(H,16,17). The largest absolute Gasteiger partial charge is 0.335 e. The maximum atomic E-state index is 12.6. The van der Waals surface area contributed by atoms with E-state index in [0.29, 0.717) is 11.7 Å². The van der Waals surface area contributed by atoms with E-state index >= 15 is 0 Å². The van der Waals surface area contributed by atoms with Gasteiger partial charge in [-0.25, -0.2) is 0 Å². The summed E-state index contributed by atoms with van der Waals surface area (Å²) in [6.07, 6.45) is 0.927. The van der Waals surface area contributed by atoms with Gasteiger partial charge in [-0.3, -0.25) is 14.8 Å². The van der Waals surface area contributed by atoms with Gasteiger partial charge in [0.2, 0.25) is 0 Å². The molecule has 2 aliphatic rings. The highest BCUT2D eigenvalue weighted by atomic mass is 16.2. The fourth-order valence-corrected chi connectivity index (χ4v) is 2.99. The second-order valence-corrected chi connectivity index (χ2v) is 5.88. The number of amides is 1. The first-order chi connectivity index (χ1) is 9.66. The third-order valence-electron chi connectivity index (χ3n) is 4.34. The van der Waals surface area contributed by atoms with Gasteiger partial charge in [0.25, 0.3) is 5.91 Å². The molecule has 0 bridgehead atoms. The van der Waals surface area contributed by atoms with E-state index in [4.69, 9.17) is 0 Å². The normalized spacial score (nSPS) is 20.2. The van der Waals surface area contributed by atoms with Crippen LogP contribution in [0.2, 0.25) is 0 Å². The molecule has 0 unspecified atom stereocenters. The van der Waals surface area contributed by atoms with E-state index in [1.807, 2.05) is 4.90 Å². The molecular weight excluding hydrogens is 254 g/mol. The van der Waals surface area contributed by atoms with Crippen LogP contribution in [0.5, 0.6) is 0 Å². The van der Waals surface area contributed by atoms with Crippen molar-refractivity contribution in [2.24, 2.45) is 0 Å². The summed E-state index contributed by atoms with van der Waals surface area (Å²) in [7, 11) is 0. The predicted molar refractivity (Wildman–Crippen MR) is 76.6 cm³/mol. The first-order valence-corrected chi connectivity index (χ1v) is 7.47. The molecule has 1 saturated heterocycles. The number of piperazine rings is 1. The van der Waals surface area contributed by atoms with Crippen molar-refractivity contribution in [2.75, 3.05) is 32.7 Å². The molecule has 20 heavy (non-hydrogen) atoms. The van der Waals surface area contributed by atoms with Crippen LogP contribution in [0.25, 0.3) is 0 Å². The van der Waals surface area contributed by atoms with Crippen LogP contribution < -0.4 is 5.32 Å². The van der Waals surface area contributed by atoms with Crippen LogP contribution in [0.4, 0.5) is 0 Å². The van der Waals surface area contributed by atoms with Crippen molar-refractivity contribution >= 4 is 5.91 Å². The van der Waals surface area contributed by atoms with Crippen LogP contribution in [0, 0.1) is 0 Å². The maximum Gasteiger partial charge on any atom is 0.274 e. The molecule has 3 heterocycles. The summed E-state index contributed by atoms with van der Waals surface area (Å²) in [5.74, 6) is 0.0783. The Bertz CT molecular complexity index is 488. The van der Waals surface area contributed by atoms with Crippen molar-refractivity contribution in [3.63, 3.8) is 0 Å². The number of fused-ring (bicyclic) bond motifs is 1. The number of hydrogen-bond acceptors (Lipinski definition) is 4. The van der Waals surface area contributed by atoms with Crippen LogP contribution in [-0.2, 0) is 13.0 Å². The molecule has 1 fully saturated rings. The fraction of sp³-hybridized carbons (Fsp3) is 0.714. The minimum atomic E-state index is 0.0783. The molecule has 0 aliphatic carbocycles. The lowest BCUT2D eigenvalue weighted by Crippen LogP contribution is -2.51. The molecule has 2 N–H and O–H groups in total. The Balaban J connectivity index is 1.69. The minimum absolute atomic E-state index is 0.0783. The lowest BCUT2D eigenvalue weighted by Gasteiger charge is -2.36. The van der Waals surface area contributed by atoms with E-state index < -0.39 is 0 Å². The van der Waals surface area contributed by atoms with Crippen molar-refractivity contribution in [2.45, 2.75) is 32.9 Å². The molecule has 1 aromatic heterocycles. The zero-order valence-corrected chi connectivity index (χ0v) is 12.3. The van der Waals surface area contributed by atoms with Crippen molar-refractivity contribution in [3.8, 4) is 0 Å². The van der Waals surface area contributed by atoms with Crippen LogP contribution >= 0.6 is 0 Å². The van der Waals surface area contributed by atoms with Crippen LogP contribution in [0.15, 0.2) is 0 Å². The number of aromatic amines is 1. The number of rotatable bonds is 2. The Labute approximate surface area is 119 Å². The maximum absolute atomic E-state index is 12.6. The van der Waals surface area contributed by atoms with Gasteiger partial charge >= 0.3 is 0 Å². The quantitative estimate of drug-likeness (QED) is 0.812. The number of aromatic nitrogens is 2. The van der Waals surface area contributed by atoms with Gasteiger partial charge in [0.1, 0.15) is 0 Å². The summed E-state index contributed by atoms with van der Waals surface area (Å²) in [5.41, 5.74) is 2.80. The van der Waals surface area contributed by atoms with E-state index in [9.17, 15) is 4.79 Å². The van der Waals surface area contributed by atoms with E-state index in [-0.39, 0.29) is 5.91 Å². The Morgan fingerprint density at radius 1 is 1.25 bits per heavy atom. The average Bonchev–Trinajstić information content (AvgIpc) is 2.90. The van der Waals surface area contributed by atoms with Gasteiger partial charge in [-0.15, -0.1) is 0 Å². The number of nitrogens with one attached hydrogen (secondary N) is 2. The van der Waals surface area contributed by atoms with Crippen LogP contribution in [-0.4, -0.2) is 64.7 Å². The second-order valence-electron chi connectivity index (χ2n) is 5.88. The number of carbonyl (C=O) groups is 1. The van der Waals surface area contributed by atoms with Crippen molar-refractivity contribution < 1.29 is 4.79 Å². The molecule has 3 rings (SSSR count). The van der Waals surface area contributed by atoms with E-state index in [2.05, 4.69) is 34.3 Å². The summed E-state index contributed by atoms with van der Waals surface area (Å²) < 4.78 is 0. The van der Waals surface area contributed by atoms with Gasteiger partial charge in [-0.2, -0.15) is 5.10 Å². The number of nitrogens with zero attached hydrogens (tertiary/aromatic N) is 3. The first kappa shape index (κ1) is 13.6. The lowest BCUT2D eigenvalue weighted by atomic mass is 10.1. The van der Waals surface area contributed by atoms with Gasteiger partial charge < -0.3 is 10.2 Å². The molecule has 1 aromatic rings. The van der Waals surface area contributed by atoms with Crippen molar-refractivity contribution in [1.29, 1.82) is 0 Å². The second kappa shape index (κ2) is 5.54. The van der Waals surface area contributed by atoms with Gasteiger partial charge in [0.05, 0.1) is 0 Å². The average molecular weight is 277 g/mol. The molecule has 6 nitrogen and oxygen atoms in total. The first-order valence-electron chi connectivity index (χ1n) is 7.47. The highest BCUT2D eigenvalue weighted by molar-refractivity contribution is 5.94. The van der Waals surface area contributed by atoms with Crippen molar-refractivity contribution in [1.82, 2.24) is 25.3 Å². The number of hydrogen-bond donors (Lipinski definition) is 2. The van der Waals surface area contributed by atoms with Crippen LogP contribution in [0.3, 0.4) is 0 Å². The summed E-state index contributed by atoms with van der Waals surface area (Å²) in [6.45, 7) is 9.61. The molecule has 0 aromatic carbocycles. The minimum Gasteiger partial charge on any atom is -0.335 e. The topological polar surface area (TPSA) is 64.3 Å². The van der Waals surface area contributed by atoms with E-state index in [0.717, 1.165) is 56.9 Å². The summed E-state index contributed by atoms with van der Waals surface area (Å²) in [5, 5.41) is 10.6. The SMILES string of the molecule is CC(C)N1CCN(C(=O)c2n[nH]c3c2CNCC3)CC1. The van der Waals surface area contributed by atoms with Gasteiger partial charge in [0.15, 0.2) is 5.69 Å². The molecule has 110 valence electrons. The van der Waals surface area contributed by atoms with Gasteiger partial charge in [-0.1, -0.05) is 0 Å². The third-order valence-corrected chi connectivity index (χ3v) is 4.34. The third kappa shape index (κ3) is 2.45. The Kier molecular flexibility index (Phi) is 3.76. The van der Waals surface area contributed by atoms with Crippen molar-refractivity contribution in [3.05, 3.63) is 17.0 Å². The van der Waals surface area contributed by atoms with Gasteiger partial charge in [0, 0.05) is 63.0 Å². The molecule has 1 amide bonds. The monoisotopic (exact) mass is 277 g/mol. The number of H-pyrrole nitrogens is 1. The lowest BCUT2D eigenvalue weighted by molar-refractivity contribution is 0.0588. The smallest absolute Gasteiger partial charge is 0.274 e. The molecule has 0 radical (unpaired) electrons. The van der Waals surface area contributed by atoms with Crippen LogP contribution in [0.1, 0.15) is 35.6 Å². The van der Waals surface area contributed by atoms with E-state index in [1.165, 1.54) is 0 Å².